The number of benzene rings is 3. The molecule has 1 aliphatic rings. The molecule has 0 spiro atoms. The zero-order valence-electron chi connectivity index (χ0n) is 17.4. The average molecular weight is 424 g/mol. The van der Waals surface area contributed by atoms with Crippen LogP contribution in [0.15, 0.2) is 121 Å². The van der Waals surface area contributed by atoms with E-state index in [1.807, 2.05) is 72.8 Å². The molecule has 0 saturated carbocycles. The predicted molar refractivity (Wildman–Crippen MR) is 130 cm³/mol. The van der Waals surface area contributed by atoms with Crippen molar-refractivity contribution in [2.24, 2.45) is 0 Å². The van der Waals surface area contributed by atoms with Crippen LogP contribution in [0.3, 0.4) is 0 Å². The summed E-state index contributed by atoms with van der Waals surface area (Å²) in [5, 5.41) is 2.66. The number of hydrogen-bond donors (Lipinski definition) is 0. The van der Waals surface area contributed by atoms with Gasteiger partial charge < -0.3 is 0 Å². The van der Waals surface area contributed by atoms with Crippen LogP contribution in [0, 0.1) is 19.9 Å². The molecule has 4 aromatic carbocycles. The van der Waals surface area contributed by atoms with Crippen LogP contribution in [0.4, 0.5) is 0 Å². The van der Waals surface area contributed by atoms with E-state index >= 15 is 0 Å². The number of fused-ring (bicyclic) bond motifs is 1. The Balaban J connectivity index is 0.000000198. The van der Waals surface area contributed by atoms with E-state index in [0.29, 0.717) is 0 Å². The molecule has 1 aliphatic carbocycles. The first-order chi connectivity index (χ1) is 14.8. The molecule has 4 aromatic rings. The van der Waals surface area contributed by atoms with Gasteiger partial charge in [0.15, 0.2) is 0 Å². The Hall–Kier alpha value is -2.93. The summed E-state index contributed by atoms with van der Waals surface area (Å²) < 4.78 is 0. The summed E-state index contributed by atoms with van der Waals surface area (Å²) >= 11 is 1.75. The summed E-state index contributed by atoms with van der Waals surface area (Å²) in [6.07, 6.45) is 10.0. The Labute approximate surface area is 193 Å². The third-order valence-electron chi connectivity index (χ3n) is 3.82. The van der Waals surface area contributed by atoms with Gasteiger partial charge in [-0.2, -0.15) is 72.8 Å². The molecule has 1 heteroatoms. The Morgan fingerprint density at radius 3 is 1.63 bits per heavy atom. The van der Waals surface area contributed by atoms with E-state index in [-0.39, 0.29) is 0 Å². The van der Waals surface area contributed by atoms with Crippen molar-refractivity contribution in [1.82, 2.24) is 0 Å². The molecule has 0 fully saturated rings. The molecule has 152 valence electrons. The van der Waals surface area contributed by atoms with Crippen LogP contribution in [0.1, 0.15) is 17.5 Å². The molecule has 5 rings (SSSR count). The molecule has 0 unspecified atom stereocenters. The van der Waals surface area contributed by atoms with Gasteiger partial charge in [0, 0.05) is 0 Å². The summed E-state index contributed by atoms with van der Waals surface area (Å²) in [5.41, 5.74) is 2.14. The van der Waals surface area contributed by atoms with Gasteiger partial charge in [0.2, 0.25) is 0 Å². The van der Waals surface area contributed by atoms with Crippen molar-refractivity contribution in [3.63, 3.8) is 0 Å². The average Bonchev–Trinajstić information content (AvgIpc) is 3.52. The monoisotopic (exact) mass is 424 g/mol. The summed E-state index contributed by atoms with van der Waals surface area (Å²) in [5.74, 6) is 0. The van der Waals surface area contributed by atoms with E-state index in [9.17, 15) is 0 Å². The third-order valence-corrected chi connectivity index (χ3v) is 3.82. The summed E-state index contributed by atoms with van der Waals surface area (Å²) in [6.45, 7) is 7.44. The molecule has 0 heterocycles. The number of hydrogen-bond acceptors (Lipinski definition) is 0. The minimum absolute atomic E-state index is 1.01. The van der Waals surface area contributed by atoms with Crippen molar-refractivity contribution in [3.8, 4) is 0 Å². The minimum atomic E-state index is 1.01. The Morgan fingerprint density at radius 1 is 0.733 bits per heavy atom. The van der Waals surface area contributed by atoms with Gasteiger partial charge in [0.25, 0.3) is 0 Å². The smallest absolute Gasteiger partial charge is 0.0809 e. The van der Waals surface area contributed by atoms with Crippen LogP contribution in [-0.4, -0.2) is 4.82 Å². The van der Waals surface area contributed by atoms with Crippen LogP contribution in [0.5, 0.6) is 0 Å². The summed E-state index contributed by atoms with van der Waals surface area (Å²) in [6, 6.07) is 34.4. The predicted octanol–water partition coefficient (Wildman–Crippen LogP) is 7.57. The largest absolute Gasteiger partial charge is 0.168 e. The van der Waals surface area contributed by atoms with Crippen LogP contribution < -0.4 is 0 Å². The zero-order valence-corrected chi connectivity index (χ0v) is 18.9. The summed E-state index contributed by atoms with van der Waals surface area (Å²) in [7, 11) is 0. The molecule has 0 N–H and O–H groups in total. The van der Waals surface area contributed by atoms with Crippen molar-refractivity contribution < 1.29 is 20.0 Å². The fourth-order valence-corrected chi connectivity index (χ4v) is 2.37. The maximum atomic E-state index is 3.72. The van der Waals surface area contributed by atoms with Crippen LogP contribution in [-0.2, 0) is 20.0 Å². The zero-order chi connectivity index (χ0) is 21.9. The van der Waals surface area contributed by atoms with Gasteiger partial charge in [-0.15, -0.1) is 60.3 Å². The first-order valence-electron chi connectivity index (χ1n) is 9.67. The van der Waals surface area contributed by atoms with Gasteiger partial charge in [-0.3, -0.25) is 6.08 Å². The molecule has 0 nitrogen and oxygen atoms in total. The van der Waals surface area contributed by atoms with E-state index in [4.69, 9.17) is 0 Å². The minimum Gasteiger partial charge on any atom is -0.168 e. The van der Waals surface area contributed by atoms with Crippen LogP contribution in [0.25, 0.3) is 10.8 Å². The molecular formula is C29H28Ti-4. The SMILES string of the molecule is [C-]1=CC=CC1.[CH2-]c1ccccc1.[CH2-]c1ccccc1.[CH2]=[Ti].c1ccc2[cH-]ccc2c1. The van der Waals surface area contributed by atoms with Crippen molar-refractivity contribution >= 4 is 15.6 Å². The number of allylic oxidation sites excluding steroid dienone is 4. The maximum Gasteiger partial charge on any atom is -0.0809 e. The van der Waals surface area contributed by atoms with E-state index in [1.165, 1.54) is 10.8 Å². The van der Waals surface area contributed by atoms with Crippen molar-refractivity contribution in [3.05, 3.63) is 152 Å². The van der Waals surface area contributed by atoms with E-state index in [1.54, 1.807) is 20.0 Å². The Kier molecular flexibility index (Phi) is 14.2. The number of rotatable bonds is 0. The fourth-order valence-electron chi connectivity index (χ4n) is 2.37. The molecule has 30 heavy (non-hydrogen) atoms. The fraction of sp³-hybridized carbons (Fsp3) is 0.0345. The molecule has 0 saturated heterocycles. The van der Waals surface area contributed by atoms with Gasteiger partial charge in [-0.25, -0.2) is 12.2 Å². The summed E-state index contributed by atoms with van der Waals surface area (Å²) in [4.78, 5) is 3.25. The van der Waals surface area contributed by atoms with Crippen LogP contribution in [0.2, 0.25) is 0 Å². The maximum absolute atomic E-state index is 3.72. The Bertz CT molecular complexity index is 885. The van der Waals surface area contributed by atoms with E-state index in [0.717, 1.165) is 17.5 Å². The molecular weight excluding hydrogens is 396 g/mol. The van der Waals surface area contributed by atoms with Crippen molar-refractivity contribution in [2.75, 3.05) is 0 Å². The van der Waals surface area contributed by atoms with Gasteiger partial charge in [-0.1, -0.05) is 18.2 Å². The van der Waals surface area contributed by atoms with Gasteiger partial charge in [0.05, 0.1) is 0 Å². The first kappa shape index (κ1) is 25.1. The quantitative estimate of drug-likeness (QED) is 0.202. The van der Waals surface area contributed by atoms with Gasteiger partial charge in [0.1, 0.15) is 0 Å². The molecule has 0 atom stereocenters. The van der Waals surface area contributed by atoms with Crippen molar-refractivity contribution in [2.45, 2.75) is 6.42 Å². The topological polar surface area (TPSA) is 0 Å². The van der Waals surface area contributed by atoms with E-state index < -0.39 is 0 Å². The molecule has 0 bridgehead atoms. The first-order valence-corrected chi connectivity index (χ1v) is 10.8. The molecule has 0 aromatic heterocycles. The van der Waals surface area contributed by atoms with Crippen molar-refractivity contribution in [1.29, 1.82) is 0 Å². The molecule has 0 aliphatic heterocycles. The second-order valence-corrected chi connectivity index (χ2v) is 6.13. The van der Waals surface area contributed by atoms with E-state index in [2.05, 4.69) is 73.3 Å². The second-order valence-electron chi connectivity index (χ2n) is 6.13. The third kappa shape index (κ3) is 11.8. The molecule has 0 radical (unpaired) electrons. The van der Waals surface area contributed by atoms with Gasteiger partial charge >= 0.3 is 24.8 Å². The molecule has 0 amide bonds. The second kappa shape index (κ2) is 17.0. The normalized spacial score (nSPS) is 10.1. The Morgan fingerprint density at radius 2 is 1.27 bits per heavy atom. The van der Waals surface area contributed by atoms with Gasteiger partial charge in [-0.05, 0) is 0 Å². The standard InChI is InChI=1S/C9H7.2C7H7.C5H5.CH2.Ti/c1-2-5-9-7-3-6-8(9)4-1;2*1-7-5-3-2-4-6-7;1-2-4-5-3-1;;/h1-7H;2*2-6H,1H2;1-3H,4H2;1H2;/q4*-1;;. The van der Waals surface area contributed by atoms with Crippen LogP contribution >= 0.6 is 0 Å².